The number of carbonyl (C=O) groups is 1. The highest BCUT2D eigenvalue weighted by Crippen LogP contribution is 2.34. The van der Waals surface area contributed by atoms with Gasteiger partial charge in [-0.3, -0.25) is 0 Å². The molecule has 32 heavy (non-hydrogen) atoms. The van der Waals surface area contributed by atoms with Crippen LogP contribution in [0.5, 0.6) is 11.8 Å². The lowest BCUT2D eigenvalue weighted by atomic mass is 10.0. The monoisotopic (exact) mass is 433 g/mol. The van der Waals surface area contributed by atoms with Gasteiger partial charge in [0.05, 0.1) is 16.6 Å². The van der Waals surface area contributed by atoms with E-state index < -0.39 is 17.6 Å². The molecule has 160 valence electrons. The number of nitrogens with one attached hydrogen (secondary N) is 1. The molecular weight excluding hydrogens is 416 g/mol. The highest BCUT2D eigenvalue weighted by Gasteiger charge is 2.20. The maximum Gasteiger partial charge on any atom is 0.336 e. The SMILES string of the molecule is Cc1ccc(Oc2nc3c(F)c(-c4ccc5c(ccn5C)c4)c(F)cc3[nH]2)cc1C(=O)O. The number of aromatic nitrogens is 3. The predicted octanol–water partition coefficient (Wildman–Crippen LogP) is 5.80. The Kier molecular flexibility index (Phi) is 4.44. The number of fused-ring (bicyclic) bond motifs is 2. The Balaban J connectivity index is 1.57. The predicted molar refractivity (Wildman–Crippen MR) is 116 cm³/mol. The smallest absolute Gasteiger partial charge is 0.336 e. The fourth-order valence-corrected chi connectivity index (χ4v) is 3.81. The van der Waals surface area contributed by atoms with Crippen LogP contribution in [0.15, 0.2) is 54.7 Å². The summed E-state index contributed by atoms with van der Waals surface area (Å²) in [6, 6.07) is 12.7. The Hall–Kier alpha value is -4.20. The first-order chi connectivity index (χ1) is 15.3. The van der Waals surface area contributed by atoms with Crippen LogP contribution < -0.4 is 4.74 Å². The van der Waals surface area contributed by atoms with E-state index in [0.717, 1.165) is 10.9 Å². The molecule has 0 saturated heterocycles. The highest BCUT2D eigenvalue weighted by atomic mass is 19.1. The number of nitrogens with zero attached hydrogens (tertiary/aromatic N) is 2. The van der Waals surface area contributed by atoms with E-state index in [9.17, 15) is 14.3 Å². The zero-order chi connectivity index (χ0) is 22.6. The number of aromatic amines is 1. The molecule has 0 spiro atoms. The average molecular weight is 433 g/mol. The quantitative estimate of drug-likeness (QED) is 0.375. The van der Waals surface area contributed by atoms with Gasteiger partial charge in [-0.1, -0.05) is 12.1 Å². The fraction of sp³-hybridized carbons (Fsp3) is 0.0833. The average Bonchev–Trinajstić information content (AvgIpc) is 3.32. The second kappa shape index (κ2) is 7.19. The molecule has 6 nitrogen and oxygen atoms in total. The molecule has 0 atom stereocenters. The lowest BCUT2D eigenvalue weighted by Crippen LogP contribution is -2.00. The molecule has 5 aromatic rings. The lowest BCUT2D eigenvalue weighted by Gasteiger charge is -2.07. The Morgan fingerprint density at radius 2 is 1.94 bits per heavy atom. The molecule has 0 bridgehead atoms. The number of ether oxygens (including phenoxy) is 1. The third kappa shape index (κ3) is 3.17. The molecule has 2 aromatic heterocycles. The largest absolute Gasteiger partial charge is 0.478 e. The van der Waals surface area contributed by atoms with Crippen molar-refractivity contribution in [2.45, 2.75) is 6.92 Å². The van der Waals surface area contributed by atoms with E-state index in [1.165, 1.54) is 12.1 Å². The molecule has 2 N–H and O–H groups in total. The van der Waals surface area contributed by atoms with Crippen LogP contribution in [0.1, 0.15) is 15.9 Å². The zero-order valence-corrected chi connectivity index (χ0v) is 17.1. The van der Waals surface area contributed by atoms with E-state index in [-0.39, 0.29) is 33.9 Å². The zero-order valence-electron chi connectivity index (χ0n) is 17.1. The maximum atomic E-state index is 15.3. The van der Waals surface area contributed by atoms with Crippen molar-refractivity contribution in [3.05, 3.63) is 77.5 Å². The normalized spacial score (nSPS) is 11.4. The number of aromatic carboxylic acids is 1. The maximum absolute atomic E-state index is 15.3. The molecule has 5 rings (SSSR count). The fourth-order valence-electron chi connectivity index (χ4n) is 3.81. The topological polar surface area (TPSA) is 80.1 Å². The van der Waals surface area contributed by atoms with Crippen LogP contribution >= 0.6 is 0 Å². The molecule has 0 saturated carbocycles. The second-order valence-corrected chi connectivity index (χ2v) is 7.57. The van der Waals surface area contributed by atoms with Crippen molar-refractivity contribution >= 4 is 27.9 Å². The molecule has 2 heterocycles. The van der Waals surface area contributed by atoms with Gasteiger partial charge >= 0.3 is 5.97 Å². The van der Waals surface area contributed by atoms with Gasteiger partial charge in [0.15, 0.2) is 5.82 Å². The molecule has 0 fully saturated rings. The molecule has 3 aromatic carbocycles. The molecule has 0 radical (unpaired) electrons. The molecule has 8 heteroatoms. The number of aryl methyl sites for hydroxylation is 2. The van der Waals surface area contributed by atoms with Crippen molar-refractivity contribution in [3.8, 4) is 22.9 Å². The number of benzene rings is 3. The van der Waals surface area contributed by atoms with E-state index in [0.29, 0.717) is 11.1 Å². The summed E-state index contributed by atoms with van der Waals surface area (Å²) in [6.07, 6.45) is 1.88. The Morgan fingerprint density at radius 1 is 1.12 bits per heavy atom. The van der Waals surface area contributed by atoms with Crippen molar-refractivity contribution in [2.75, 3.05) is 0 Å². The minimum absolute atomic E-state index is 0.0740. The van der Waals surface area contributed by atoms with Crippen LogP contribution in [-0.4, -0.2) is 25.6 Å². The Labute approximate surface area is 180 Å². The summed E-state index contributed by atoms with van der Waals surface area (Å²) in [5, 5.41) is 10.1. The van der Waals surface area contributed by atoms with Crippen molar-refractivity contribution in [2.24, 2.45) is 7.05 Å². The molecule has 0 unspecified atom stereocenters. The van der Waals surface area contributed by atoms with Gasteiger partial charge in [0.2, 0.25) is 0 Å². The van der Waals surface area contributed by atoms with Gasteiger partial charge in [0.1, 0.15) is 17.1 Å². The number of carboxylic acid groups (broad SMARTS) is 1. The summed E-state index contributed by atoms with van der Waals surface area (Å²) < 4.78 is 37.7. The minimum Gasteiger partial charge on any atom is -0.478 e. The summed E-state index contributed by atoms with van der Waals surface area (Å²) >= 11 is 0. The second-order valence-electron chi connectivity index (χ2n) is 7.57. The number of rotatable bonds is 4. The lowest BCUT2D eigenvalue weighted by molar-refractivity contribution is 0.0695. The molecule has 0 aliphatic rings. The highest BCUT2D eigenvalue weighted by molar-refractivity contribution is 5.90. The van der Waals surface area contributed by atoms with Crippen LogP contribution in [0.4, 0.5) is 8.78 Å². The van der Waals surface area contributed by atoms with Gasteiger partial charge in [-0.2, -0.15) is 4.98 Å². The van der Waals surface area contributed by atoms with Crippen LogP contribution in [-0.2, 0) is 7.05 Å². The van der Waals surface area contributed by atoms with Gasteiger partial charge in [-0.15, -0.1) is 0 Å². The minimum atomic E-state index is -1.09. The van der Waals surface area contributed by atoms with Gasteiger partial charge in [0, 0.05) is 30.2 Å². The summed E-state index contributed by atoms with van der Waals surface area (Å²) in [6.45, 7) is 1.67. The van der Waals surface area contributed by atoms with E-state index in [4.69, 9.17) is 4.74 Å². The molecule has 0 aliphatic heterocycles. The Morgan fingerprint density at radius 3 is 2.72 bits per heavy atom. The summed E-state index contributed by atoms with van der Waals surface area (Å²) in [5.74, 6) is -2.42. The van der Waals surface area contributed by atoms with Crippen LogP contribution in [0.3, 0.4) is 0 Å². The van der Waals surface area contributed by atoms with Crippen molar-refractivity contribution in [1.82, 2.24) is 14.5 Å². The first kappa shape index (κ1) is 19.7. The molecule has 0 amide bonds. The van der Waals surface area contributed by atoms with Crippen molar-refractivity contribution in [1.29, 1.82) is 0 Å². The van der Waals surface area contributed by atoms with Crippen LogP contribution in [0, 0.1) is 18.6 Å². The van der Waals surface area contributed by atoms with E-state index in [2.05, 4.69) is 9.97 Å². The number of H-pyrrole nitrogens is 1. The number of carboxylic acids is 1. The third-order valence-electron chi connectivity index (χ3n) is 5.48. The third-order valence-corrected chi connectivity index (χ3v) is 5.48. The standard InChI is InChI=1S/C24H17F2N3O3/c1-12-3-5-15(10-16(12)23(30)31)32-24-27-18-11-17(25)20(21(26)22(18)28-24)14-4-6-19-13(9-14)7-8-29(19)2/h3-11H,1-2H3,(H,27,28)(H,30,31). The van der Waals surface area contributed by atoms with Gasteiger partial charge in [0.25, 0.3) is 6.01 Å². The molecular formula is C24H17F2N3O3. The van der Waals surface area contributed by atoms with Crippen molar-refractivity contribution < 1.29 is 23.4 Å². The van der Waals surface area contributed by atoms with E-state index in [1.807, 2.05) is 29.9 Å². The summed E-state index contributed by atoms with van der Waals surface area (Å²) in [5.41, 5.74) is 1.88. The first-order valence-corrected chi connectivity index (χ1v) is 9.77. The number of hydrogen-bond donors (Lipinski definition) is 2. The van der Waals surface area contributed by atoms with Gasteiger partial charge in [-0.05, 0) is 48.4 Å². The van der Waals surface area contributed by atoms with E-state index in [1.54, 1.807) is 31.2 Å². The number of halogens is 2. The van der Waals surface area contributed by atoms with Gasteiger partial charge < -0.3 is 19.4 Å². The van der Waals surface area contributed by atoms with E-state index >= 15 is 4.39 Å². The van der Waals surface area contributed by atoms with Crippen LogP contribution in [0.25, 0.3) is 33.1 Å². The van der Waals surface area contributed by atoms with Crippen LogP contribution in [0.2, 0.25) is 0 Å². The number of hydrogen-bond acceptors (Lipinski definition) is 3. The Bertz CT molecular complexity index is 1540. The van der Waals surface area contributed by atoms with Gasteiger partial charge in [-0.25, -0.2) is 13.6 Å². The number of imidazole rings is 1. The van der Waals surface area contributed by atoms with Crippen molar-refractivity contribution in [3.63, 3.8) is 0 Å². The summed E-state index contributed by atoms with van der Waals surface area (Å²) in [4.78, 5) is 18.2. The first-order valence-electron chi connectivity index (χ1n) is 9.77. The molecule has 0 aliphatic carbocycles. The summed E-state index contributed by atoms with van der Waals surface area (Å²) in [7, 11) is 1.90.